The second-order valence-electron chi connectivity index (χ2n) is 5.20. The lowest BCUT2D eigenvalue weighted by Crippen LogP contribution is -2.45. The van der Waals surface area contributed by atoms with Crippen LogP contribution in [0.5, 0.6) is 0 Å². The van der Waals surface area contributed by atoms with E-state index < -0.39 is 15.8 Å². The quantitative estimate of drug-likeness (QED) is 0.893. The summed E-state index contributed by atoms with van der Waals surface area (Å²) in [6.45, 7) is 3.40. The summed E-state index contributed by atoms with van der Waals surface area (Å²) in [4.78, 5) is -0.0106. The van der Waals surface area contributed by atoms with E-state index in [-0.39, 0.29) is 15.3 Å². The molecule has 20 heavy (non-hydrogen) atoms. The maximum atomic E-state index is 13.5. The maximum absolute atomic E-state index is 13.5. The van der Waals surface area contributed by atoms with E-state index in [1.54, 1.807) is 0 Å². The van der Waals surface area contributed by atoms with Gasteiger partial charge in [-0.1, -0.05) is 6.92 Å². The first-order valence-corrected chi connectivity index (χ1v) is 8.75. The Balaban J connectivity index is 2.28. The van der Waals surface area contributed by atoms with Crippen LogP contribution in [0.15, 0.2) is 27.6 Å². The van der Waals surface area contributed by atoms with Gasteiger partial charge >= 0.3 is 0 Å². The van der Waals surface area contributed by atoms with Crippen LogP contribution in [0, 0.1) is 17.7 Å². The molecule has 1 aromatic carbocycles. The van der Waals surface area contributed by atoms with Gasteiger partial charge in [0.15, 0.2) is 0 Å². The minimum absolute atomic E-state index is 0.0106. The zero-order chi connectivity index (χ0) is 14.9. The Hall–Kier alpha value is -0.500. The molecule has 0 bridgehead atoms. The number of rotatable bonds is 3. The summed E-state index contributed by atoms with van der Waals surface area (Å²) in [6, 6.07) is 3.88. The third-order valence-electron chi connectivity index (χ3n) is 3.91. The van der Waals surface area contributed by atoms with E-state index in [0.29, 0.717) is 25.6 Å². The standard InChI is InChI=1S/C13H18BrFN2O2S/c1-9-4-5-17(8-10(9)7-16)20(18,19)11-2-3-12(14)13(15)6-11/h2-3,6,9-10H,4-5,7-8,16H2,1H3. The fourth-order valence-corrected chi connectivity index (χ4v) is 4.20. The van der Waals surface area contributed by atoms with Crippen molar-refractivity contribution < 1.29 is 12.8 Å². The maximum Gasteiger partial charge on any atom is 0.243 e. The summed E-state index contributed by atoms with van der Waals surface area (Å²) < 4.78 is 40.2. The van der Waals surface area contributed by atoms with Crippen molar-refractivity contribution in [1.82, 2.24) is 4.31 Å². The highest BCUT2D eigenvalue weighted by molar-refractivity contribution is 9.10. The van der Waals surface area contributed by atoms with Gasteiger partial charge in [0, 0.05) is 13.1 Å². The number of sulfonamides is 1. The second-order valence-corrected chi connectivity index (χ2v) is 7.99. The number of benzene rings is 1. The van der Waals surface area contributed by atoms with Gasteiger partial charge < -0.3 is 5.73 Å². The number of halogens is 2. The first-order chi connectivity index (χ1) is 9.36. The molecule has 0 amide bonds. The fraction of sp³-hybridized carbons (Fsp3) is 0.538. The number of piperidine rings is 1. The molecule has 0 aromatic heterocycles. The lowest BCUT2D eigenvalue weighted by molar-refractivity contribution is 0.203. The summed E-state index contributed by atoms with van der Waals surface area (Å²) in [7, 11) is -3.65. The number of hydrogen-bond acceptors (Lipinski definition) is 3. The van der Waals surface area contributed by atoms with Crippen LogP contribution in [0.1, 0.15) is 13.3 Å². The molecule has 1 fully saturated rings. The normalized spacial score (nSPS) is 24.8. The van der Waals surface area contributed by atoms with Gasteiger partial charge in [-0.15, -0.1) is 0 Å². The molecule has 1 saturated heterocycles. The van der Waals surface area contributed by atoms with E-state index in [2.05, 4.69) is 22.9 Å². The molecule has 1 aliphatic rings. The highest BCUT2D eigenvalue weighted by Crippen LogP contribution is 2.28. The highest BCUT2D eigenvalue weighted by atomic mass is 79.9. The number of hydrogen-bond donors (Lipinski definition) is 1. The molecular weight excluding hydrogens is 347 g/mol. The van der Waals surface area contributed by atoms with Gasteiger partial charge in [0.25, 0.3) is 0 Å². The van der Waals surface area contributed by atoms with Gasteiger partial charge in [-0.25, -0.2) is 12.8 Å². The van der Waals surface area contributed by atoms with Crippen LogP contribution in [0.2, 0.25) is 0 Å². The molecule has 1 heterocycles. The third kappa shape index (κ3) is 3.05. The van der Waals surface area contributed by atoms with Crippen molar-refractivity contribution >= 4 is 26.0 Å². The van der Waals surface area contributed by atoms with Gasteiger partial charge in [-0.3, -0.25) is 0 Å². The van der Waals surface area contributed by atoms with Crippen molar-refractivity contribution in [2.75, 3.05) is 19.6 Å². The molecular formula is C13H18BrFN2O2S. The van der Waals surface area contributed by atoms with Gasteiger partial charge in [-0.05, 0) is 58.9 Å². The Morgan fingerprint density at radius 1 is 1.50 bits per heavy atom. The molecule has 2 unspecified atom stereocenters. The Kier molecular flexibility index (Phi) is 4.84. The lowest BCUT2D eigenvalue weighted by Gasteiger charge is -2.35. The Labute approximate surface area is 127 Å². The average molecular weight is 365 g/mol. The van der Waals surface area contributed by atoms with Crippen LogP contribution in [0.3, 0.4) is 0 Å². The van der Waals surface area contributed by atoms with Gasteiger partial charge in [-0.2, -0.15) is 4.31 Å². The van der Waals surface area contributed by atoms with Crippen LogP contribution in [-0.2, 0) is 10.0 Å². The predicted molar refractivity (Wildman–Crippen MR) is 79.2 cm³/mol. The second kappa shape index (κ2) is 6.09. The van der Waals surface area contributed by atoms with Crippen molar-refractivity contribution in [2.24, 2.45) is 17.6 Å². The first-order valence-electron chi connectivity index (χ1n) is 6.51. The monoisotopic (exact) mass is 364 g/mol. The smallest absolute Gasteiger partial charge is 0.243 e. The molecule has 1 aromatic rings. The fourth-order valence-electron chi connectivity index (χ4n) is 2.43. The Morgan fingerprint density at radius 3 is 2.80 bits per heavy atom. The molecule has 2 atom stereocenters. The van der Waals surface area contributed by atoms with Crippen molar-refractivity contribution in [2.45, 2.75) is 18.2 Å². The first kappa shape index (κ1) is 15.9. The molecule has 0 aliphatic carbocycles. The van der Waals surface area contributed by atoms with E-state index >= 15 is 0 Å². The van der Waals surface area contributed by atoms with Crippen molar-refractivity contribution in [3.8, 4) is 0 Å². The van der Waals surface area contributed by atoms with Crippen molar-refractivity contribution in [3.63, 3.8) is 0 Å². The van der Waals surface area contributed by atoms with Crippen LogP contribution >= 0.6 is 15.9 Å². The summed E-state index contributed by atoms with van der Waals surface area (Å²) in [5.74, 6) is -0.0150. The van der Waals surface area contributed by atoms with Crippen molar-refractivity contribution in [3.05, 3.63) is 28.5 Å². The molecule has 0 radical (unpaired) electrons. The topological polar surface area (TPSA) is 63.4 Å². The van der Waals surface area contributed by atoms with Gasteiger partial charge in [0.1, 0.15) is 5.82 Å². The lowest BCUT2D eigenvalue weighted by atomic mass is 9.88. The van der Waals surface area contributed by atoms with E-state index in [0.717, 1.165) is 12.5 Å². The van der Waals surface area contributed by atoms with E-state index in [9.17, 15) is 12.8 Å². The predicted octanol–water partition coefficient (Wildman–Crippen LogP) is 2.19. The summed E-state index contributed by atoms with van der Waals surface area (Å²) in [6.07, 6.45) is 0.778. The molecule has 4 nitrogen and oxygen atoms in total. The zero-order valence-corrected chi connectivity index (χ0v) is 13.6. The van der Waals surface area contributed by atoms with Crippen LogP contribution in [0.4, 0.5) is 4.39 Å². The molecule has 2 N–H and O–H groups in total. The van der Waals surface area contributed by atoms with E-state index in [4.69, 9.17) is 5.73 Å². The highest BCUT2D eigenvalue weighted by Gasteiger charge is 2.33. The molecule has 2 rings (SSSR count). The molecule has 0 spiro atoms. The Bertz CT molecular complexity index is 594. The third-order valence-corrected chi connectivity index (χ3v) is 6.41. The minimum atomic E-state index is -3.65. The molecule has 112 valence electrons. The molecule has 1 aliphatic heterocycles. The summed E-state index contributed by atoms with van der Waals surface area (Å²) in [5.41, 5.74) is 5.69. The van der Waals surface area contributed by atoms with E-state index in [1.165, 1.54) is 16.4 Å². The minimum Gasteiger partial charge on any atom is -0.330 e. The average Bonchev–Trinajstić information content (AvgIpc) is 2.42. The van der Waals surface area contributed by atoms with Crippen LogP contribution in [-0.4, -0.2) is 32.4 Å². The molecule has 7 heteroatoms. The summed E-state index contributed by atoms with van der Waals surface area (Å²) >= 11 is 3.02. The summed E-state index contributed by atoms with van der Waals surface area (Å²) in [5, 5.41) is 0. The Morgan fingerprint density at radius 2 is 2.20 bits per heavy atom. The van der Waals surface area contributed by atoms with Gasteiger partial charge in [0.05, 0.1) is 9.37 Å². The van der Waals surface area contributed by atoms with Gasteiger partial charge in [0.2, 0.25) is 10.0 Å². The SMILES string of the molecule is CC1CCN(S(=O)(=O)c2ccc(Br)c(F)c2)CC1CN. The number of nitrogens with zero attached hydrogens (tertiary/aromatic N) is 1. The van der Waals surface area contributed by atoms with Crippen LogP contribution < -0.4 is 5.73 Å². The largest absolute Gasteiger partial charge is 0.330 e. The molecule has 0 saturated carbocycles. The van der Waals surface area contributed by atoms with Crippen molar-refractivity contribution in [1.29, 1.82) is 0 Å². The van der Waals surface area contributed by atoms with E-state index in [1.807, 2.05) is 0 Å². The number of nitrogens with two attached hydrogens (primary N) is 1. The van der Waals surface area contributed by atoms with Crippen LogP contribution in [0.25, 0.3) is 0 Å². The zero-order valence-electron chi connectivity index (χ0n) is 11.2.